The summed E-state index contributed by atoms with van der Waals surface area (Å²) in [6.07, 6.45) is -1.16. The van der Waals surface area contributed by atoms with Crippen molar-refractivity contribution >= 4 is 17.5 Å². The van der Waals surface area contributed by atoms with Gasteiger partial charge in [0.05, 0.1) is 11.8 Å². The van der Waals surface area contributed by atoms with Crippen molar-refractivity contribution in [1.82, 2.24) is 29.7 Å². The lowest BCUT2D eigenvalue weighted by Crippen LogP contribution is -2.46. The highest BCUT2D eigenvalue weighted by atomic mass is 19.4. The number of alkyl halides is 3. The number of piperazine rings is 1. The maximum Gasteiger partial charge on any atom is 0.416 e. The quantitative estimate of drug-likeness (QED) is 0.134. The predicted octanol–water partition coefficient (Wildman–Crippen LogP) is 5.91. The molecule has 1 aliphatic heterocycles. The van der Waals surface area contributed by atoms with Crippen molar-refractivity contribution in [2.75, 3.05) is 39.3 Å². The summed E-state index contributed by atoms with van der Waals surface area (Å²) in [6.45, 7) is 11.4. The van der Waals surface area contributed by atoms with E-state index in [-0.39, 0.29) is 24.3 Å². The molecule has 1 aliphatic rings. The number of alkyl carbamates (subject to hydrolysis) is 1. The summed E-state index contributed by atoms with van der Waals surface area (Å²) in [7, 11) is 0. The number of amides is 1. The van der Waals surface area contributed by atoms with Gasteiger partial charge < -0.3 is 15.0 Å². The number of hydrogen-bond donors (Lipinski definition) is 1. The van der Waals surface area contributed by atoms with Crippen molar-refractivity contribution < 1.29 is 27.5 Å². The van der Waals surface area contributed by atoms with Gasteiger partial charge in [0, 0.05) is 63.0 Å². The first-order valence-electron chi connectivity index (χ1n) is 16.3. The third-order valence-electron chi connectivity index (χ3n) is 8.19. The molecule has 0 bridgehead atoms. The largest absolute Gasteiger partial charge is 0.444 e. The van der Waals surface area contributed by atoms with Crippen LogP contribution in [0.3, 0.4) is 0 Å². The molecule has 0 saturated carbocycles. The van der Waals surface area contributed by atoms with Gasteiger partial charge in [0.15, 0.2) is 11.4 Å². The number of nitrogens with one attached hydrogen (secondary N) is 1. The molecule has 5 rings (SSSR count). The number of Topliss-reactive ketones (excluding diaryl/α,β-unsaturated/α-hetero) is 1. The van der Waals surface area contributed by atoms with Crippen molar-refractivity contribution in [3.63, 3.8) is 0 Å². The highest BCUT2D eigenvalue weighted by Gasteiger charge is 2.34. The van der Waals surface area contributed by atoms with Crippen molar-refractivity contribution in [2.24, 2.45) is 0 Å². The zero-order chi connectivity index (χ0) is 35.2. The number of benzene rings is 2. The van der Waals surface area contributed by atoms with Gasteiger partial charge in [-0.05, 0) is 87.5 Å². The first-order chi connectivity index (χ1) is 23.2. The third kappa shape index (κ3) is 9.90. The minimum absolute atomic E-state index is 0.166. The van der Waals surface area contributed by atoms with Crippen LogP contribution in [0.2, 0.25) is 0 Å². The number of halogens is 3. The van der Waals surface area contributed by atoms with Crippen molar-refractivity contribution in [2.45, 2.75) is 58.9 Å². The van der Waals surface area contributed by atoms with E-state index in [1.807, 2.05) is 38.7 Å². The molecule has 1 N–H and O–H groups in total. The minimum Gasteiger partial charge on any atom is -0.444 e. The number of nitrogens with zero attached hydrogens (tertiary/aromatic N) is 5. The van der Waals surface area contributed by atoms with E-state index >= 15 is 0 Å². The summed E-state index contributed by atoms with van der Waals surface area (Å²) >= 11 is 0. The van der Waals surface area contributed by atoms with Gasteiger partial charge in [-0.2, -0.15) is 18.3 Å². The Bertz CT molecular complexity index is 1860. The van der Waals surface area contributed by atoms with Crippen LogP contribution in [0.25, 0.3) is 5.65 Å². The number of ether oxygens (including phenoxy) is 1. The van der Waals surface area contributed by atoms with Crippen LogP contribution in [0, 0.1) is 18.8 Å². The molecular formula is C37H41F3N6O3. The van der Waals surface area contributed by atoms with E-state index in [2.05, 4.69) is 32.1 Å². The van der Waals surface area contributed by atoms with Gasteiger partial charge in [0.2, 0.25) is 0 Å². The smallest absolute Gasteiger partial charge is 0.416 e. The summed E-state index contributed by atoms with van der Waals surface area (Å²) in [5, 5.41) is 7.01. The summed E-state index contributed by atoms with van der Waals surface area (Å²) in [5.74, 6) is 5.85. The number of rotatable bonds is 9. The number of fused-ring (bicyclic) bond motifs is 1. The van der Waals surface area contributed by atoms with Crippen molar-refractivity contribution in [3.8, 4) is 11.8 Å². The van der Waals surface area contributed by atoms with Crippen LogP contribution in [-0.4, -0.2) is 81.1 Å². The topological polar surface area (TPSA) is 92.1 Å². The number of aromatic nitrogens is 3. The Kier molecular flexibility index (Phi) is 11.1. The van der Waals surface area contributed by atoms with E-state index in [1.54, 1.807) is 47.2 Å². The Morgan fingerprint density at radius 3 is 2.47 bits per heavy atom. The monoisotopic (exact) mass is 674 g/mol. The molecule has 1 saturated heterocycles. The first kappa shape index (κ1) is 35.6. The molecule has 2 aromatic heterocycles. The number of hydrogen-bond acceptors (Lipinski definition) is 7. The van der Waals surface area contributed by atoms with Gasteiger partial charge >= 0.3 is 12.3 Å². The van der Waals surface area contributed by atoms with Gasteiger partial charge in [-0.1, -0.05) is 30.2 Å². The van der Waals surface area contributed by atoms with Crippen molar-refractivity contribution in [1.29, 1.82) is 0 Å². The summed E-state index contributed by atoms with van der Waals surface area (Å²) in [5.41, 5.74) is 2.36. The minimum atomic E-state index is -4.56. The fourth-order valence-electron chi connectivity index (χ4n) is 5.62. The standard InChI is InChI=1S/C37H41F3N6O3/c1-26-8-10-29(23-28(26)12-13-31-24-42-34-7-5-15-43-46(31)34)33(47)22-27-9-11-30(32(21-27)37(38,39)40)25-45-19-17-44(18-20-45)16-6-14-41-35(48)49-36(2,3)4/h5,7-11,15,21,23-24H,6,14,16-20,22,25H2,1-4H3,(H,41,48). The van der Waals surface area contributed by atoms with Crippen LogP contribution in [0.4, 0.5) is 18.0 Å². The average Bonchev–Trinajstić information content (AvgIpc) is 3.46. The highest BCUT2D eigenvalue weighted by Crippen LogP contribution is 2.34. The van der Waals surface area contributed by atoms with Gasteiger partial charge in [-0.3, -0.25) is 9.69 Å². The number of carbonyl (C=O) groups excluding carboxylic acids is 2. The number of carbonyl (C=O) groups is 2. The first-order valence-corrected chi connectivity index (χ1v) is 16.3. The van der Waals surface area contributed by atoms with E-state index in [0.717, 1.165) is 37.7 Å². The summed E-state index contributed by atoms with van der Waals surface area (Å²) in [6, 6.07) is 13.0. The second-order valence-electron chi connectivity index (χ2n) is 13.2. The molecule has 49 heavy (non-hydrogen) atoms. The van der Waals surface area contributed by atoms with E-state index in [1.165, 1.54) is 6.07 Å². The molecule has 0 unspecified atom stereocenters. The molecule has 3 heterocycles. The molecule has 9 nitrogen and oxygen atoms in total. The number of imidazole rings is 1. The van der Waals surface area contributed by atoms with Gasteiger partial charge in [-0.15, -0.1) is 0 Å². The Hall–Kier alpha value is -4.73. The maximum atomic E-state index is 14.2. The second kappa shape index (κ2) is 15.2. The molecule has 12 heteroatoms. The average molecular weight is 675 g/mol. The second-order valence-corrected chi connectivity index (χ2v) is 13.2. The molecule has 0 spiro atoms. The van der Waals surface area contributed by atoms with Crippen LogP contribution in [0.1, 0.15) is 71.1 Å². The zero-order valence-electron chi connectivity index (χ0n) is 28.2. The number of ketones is 1. The normalized spacial score (nSPS) is 14.3. The van der Waals surface area contributed by atoms with Crippen LogP contribution in [-0.2, 0) is 23.9 Å². The molecule has 258 valence electrons. The van der Waals surface area contributed by atoms with E-state index in [4.69, 9.17) is 4.74 Å². The Balaban J connectivity index is 1.18. The summed E-state index contributed by atoms with van der Waals surface area (Å²) in [4.78, 5) is 33.6. The van der Waals surface area contributed by atoms with Crippen molar-refractivity contribution in [3.05, 3.63) is 100.0 Å². The molecule has 2 aromatic carbocycles. The Morgan fingerprint density at radius 1 is 0.980 bits per heavy atom. The molecule has 4 aromatic rings. The SMILES string of the molecule is Cc1ccc(C(=O)Cc2ccc(CN3CCN(CCCNC(=O)OC(C)(C)C)CC3)c(C(F)(F)F)c2)cc1C#Cc1cnc2cccnn12. The van der Waals surface area contributed by atoms with Crippen LogP contribution < -0.4 is 5.32 Å². The lowest BCUT2D eigenvalue weighted by molar-refractivity contribution is -0.138. The van der Waals surface area contributed by atoms with Crippen LogP contribution in [0.15, 0.2) is 60.9 Å². The van der Waals surface area contributed by atoms with E-state index < -0.39 is 23.4 Å². The molecule has 1 fully saturated rings. The Labute approximate surface area is 284 Å². The fourth-order valence-corrected chi connectivity index (χ4v) is 5.62. The maximum absolute atomic E-state index is 14.2. The highest BCUT2D eigenvalue weighted by molar-refractivity contribution is 5.98. The third-order valence-corrected chi connectivity index (χ3v) is 8.19. The van der Waals surface area contributed by atoms with Gasteiger partial charge in [-0.25, -0.2) is 14.3 Å². The lowest BCUT2D eigenvalue weighted by Gasteiger charge is -2.35. The Morgan fingerprint density at radius 2 is 1.73 bits per heavy atom. The van der Waals surface area contributed by atoms with Crippen LogP contribution in [0.5, 0.6) is 0 Å². The van der Waals surface area contributed by atoms with Gasteiger partial charge in [0.1, 0.15) is 11.3 Å². The number of aryl methyl sites for hydroxylation is 1. The lowest BCUT2D eigenvalue weighted by atomic mass is 9.96. The molecular weight excluding hydrogens is 633 g/mol. The van der Waals surface area contributed by atoms with Crippen LogP contribution >= 0.6 is 0 Å². The fraction of sp³-hybridized carbons (Fsp3) is 0.405. The van der Waals surface area contributed by atoms with Gasteiger partial charge in [0.25, 0.3) is 0 Å². The zero-order valence-corrected chi connectivity index (χ0v) is 28.2. The molecule has 1 amide bonds. The predicted molar refractivity (Wildman–Crippen MR) is 180 cm³/mol. The molecule has 0 atom stereocenters. The molecule has 0 aliphatic carbocycles. The summed E-state index contributed by atoms with van der Waals surface area (Å²) < 4.78 is 49.6. The van der Waals surface area contributed by atoms with E-state index in [0.29, 0.717) is 47.7 Å². The van der Waals surface area contributed by atoms with E-state index in [9.17, 15) is 22.8 Å². The molecule has 0 radical (unpaired) electrons.